The largest absolute Gasteiger partial charge is 0.506 e. The summed E-state index contributed by atoms with van der Waals surface area (Å²) in [5, 5.41) is 27.9. The van der Waals surface area contributed by atoms with E-state index in [0.717, 1.165) is 91.8 Å². The molecule has 5 aromatic rings. The Labute approximate surface area is 319 Å². The van der Waals surface area contributed by atoms with E-state index in [-0.39, 0.29) is 32.9 Å². The number of halogens is 2. The first-order chi connectivity index (χ1) is 25.9. The second kappa shape index (κ2) is 19.3. The molecule has 3 aliphatic rings. The molecule has 3 saturated heterocycles. The molecular weight excluding hydrogens is 706 g/mol. The number of aliphatic hydroxyl groups excluding tert-OH is 1. The molecule has 5 N–H and O–H groups in total. The van der Waals surface area contributed by atoms with Crippen LogP contribution in [0, 0.1) is 5.92 Å². The smallest absolute Gasteiger partial charge is 0.411 e. The van der Waals surface area contributed by atoms with E-state index < -0.39 is 6.10 Å². The van der Waals surface area contributed by atoms with Crippen molar-refractivity contribution in [3.63, 3.8) is 0 Å². The molecular formula is C43H50F2N4O6. The van der Waals surface area contributed by atoms with Gasteiger partial charge in [0.25, 0.3) is 0 Å². The van der Waals surface area contributed by atoms with Gasteiger partial charge < -0.3 is 30.0 Å². The van der Waals surface area contributed by atoms with Crippen molar-refractivity contribution in [2.45, 2.75) is 50.7 Å². The zero-order valence-electron chi connectivity index (χ0n) is 30.7. The van der Waals surface area contributed by atoms with Crippen molar-refractivity contribution in [1.29, 1.82) is 0 Å². The van der Waals surface area contributed by atoms with Crippen molar-refractivity contribution in [1.82, 2.24) is 15.2 Å². The molecule has 3 aliphatic heterocycles. The lowest BCUT2D eigenvalue weighted by atomic mass is 9.86. The molecule has 2 bridgehead atoms. The van der Waals surface area contributed by atoms with E-state index >= 15 is 0 Å². The Balaban J connectivity index is 0.00000290. The minimum atomic E-state index is -0.796. The first kappa shape index (κ1) is 40.9. The SMILES string of the molecule is F.F.O=C(Nc1cc(CCCCOc2ccc(CCNC[C@H](O)c3ccc(O)c4[nH]c(=O)ccc34)cc2)ccc1-c1ccccc1)O[C@H]1CN2CCC1CC2. The van der Waals surface area contributed by atoms with Gasteiger partial charge >= 0.3 is 6.09 Å². The predicted molar refractivity (Wildman–Crippen MR) is 213 cm³/mol. The molecule has 1 amide bonds. The molecule has 3 fully saturated rings. The number of H-pyrrole nitrogens is 1. The highest BCUT2D eigenvalue weighted by atomic mass is 19.0. The highest BCUT2D eigenvalue weighted by molar-refractivity contribution is 5.92. The summed E-state index contributed by atoms with van der Waals surface area (Å²) in [5.74, 6) is 1.26. The van der Waals surface area contributed by atoms with Crippen molar-refractivity contribution < 1.29 is 33.9 Å². The van der Waals surface area contributed by atoms with Crippen molar-refractivity contribution in [3.8, 4) is 22.6 Å². The number of phenolic OH excluding ortho intramolecular Hbond substituents is 1. The molecule has 8 rings (SSSR count). The molecule has 10 nitrogen and oxygen atoms in total. The van der Waals surface area contributed by atoms with Gasteiger partial charge in [0, 0.05) is 30.1 Å². The average molecular weight is 757 g/mol. The number of fused-ring (bicyclic) bond motifs is 4. The number of unbranched alkanes of at least 4 members (excludes halogenated alkanes) is 1. The fourth-order valence-electron chi connectivity index (χ4n) is 7.55. The van der Waals surface area contributed by atoms with Crippen LogP contribution in [0.15, 0.2) is 102 Å². The molecule has 1 aromatic heterocycles. The van der Waals surface area contributed by atoms with E-state index in [0.29, 0.717) is 42.1 Å². The Morgan fingerprint density at radius 2 is 1.65 bits per heavy atom. The van der Waals surface area contributed by atoms with E-state index in [1.54, 1.807) is 12.1 Å². The quantitative estimate of drug-likeness (QED) is 0.0714. The van der Waals surface area contributed by atoms with Crippen molar-refractivity contribution in [2.75, 3.05) is 44.6 Å². The van der Waals surface area contributed by atoms with Gasteiger partial charge in [-0.3, -0.25) is 24.4 Å². The van der Waals surface area contributed by atoms with E-state index in [9.17, 15) is 19.8 Å². The summed E-state index contributed by atoms with van der Waals surface area (Å²) in [6, 6.07) is 30.7. The Morgan fingerprint density at radius 3 is 2.40 bits per heavy atom. The van der Waals surface area contributed by atoms with Gasteiger partial charge in [0.15, 0.2) is 0 Å². The molecule has 0 saturated carbocycles. The third-order valence-electron chi connectivity index (χ3n) is 10.5. The van der Waals surface area contributed by atoms with Gasteiger partial charge in [-0.2, -0.15) is 0 Å². The normalized spacial score (nSPS) is 17.8. The predicted octanol–water partition coefficient (Wildman–Crippen LogP) is 7.12. The number of nitrogens with zero attached hydrogens (tertiary/aromatic N) is 1. The second-order valence-electron chi connectivity index (χ2n) is 14.2. The van der Waals surface area contributed by atoms with Crippen LogP contribution in [0.4, 0.5) is 19.9 Å². The summed E-state index contributed by atoms with van der Waals surface area (Å²) < 4.78 is 12.0. The van der Waals surface area contributed by atoms with Gasteiger partial charge in [-0.25, -0.2) is 4.79 Å². The number of ether oxygens (including phenoxy) is 2. The number of carbonyl (C=O) groups is 1. The van der Waals surface area contributed by atoms with Crippen LogP contribution in [-0.4, -0.2) is 71.6 Å². The van der Waals surface area contributed by atoms with Crippen LogP contribution in [0.5, 0.6) is 11.5 Å². The monoisotopic (exact) mass is 756 g/mol. The minimum absolute atomic E-state index is 0. The second-order valence-corrected chi connectivity index (χ2v) is 14.2. The average Bonchev–Trinajstić information content (AvgIpc) is 3.18. The van der Waals surface area contributed by atoms with Crippen molar-refractivity contribution in [2.24, 2.45) is 5.92 Å². The number of phenols is 1. The summed E-state index contributed by atoms with van der Waals surface area (Å²) in [6.45, 7) is 4.65. The number of hydrogen-bond donors (Lipinski definition) is 5. The van der Waals surface area contributed by atoms with E-state index in [2.05, 4.69) is 63.0 Å². The third kappa shape index (κ3) is 10.5. The molecule has 4 aromatic carbocycles. The summed E-state index contributed by atoms with van der Waals surface area (Å²) >= 11 is 0. The molecule has 0 aliphatic carbocycles. The van der Waals surface area contributed by atoms with Crippen LogP contribution in [0.2, 0.25) is 0 Å². The van der Waals surface area contributed by atoms with Gasteiger partial charge in [0.1, 0.15) is 17.6 Å². The lowest BCUT2D eigenvalue weighted by Gasteiger charge is -2.43. The van der Waals surface area contributed by atoms with Crippen LogP contribution >= 0.6 is 0 Å². The Morgan fingerprint density at radius 1 is 0.891 bits per heavy atom. The number of pyridine rings is 1. The van der Waals surface area contributed by atoms with Gasteiger partial charge in [-0.1, -0.05) is 60.7 Å². The van der Waals surface area contributed by atoms with Crippen molar-refractivity contribution in [3.05, 3.63) is 124 Å². The number of aliphatic hydroxyl groups is 1. The van der Waals surface area contributed by atoms with Crippen LogP contribution in [-0.2, 0) is 17.6 Å². The Hall–Kier alpha value is -5.30. The Bertz CT molecular complexity index is 2060. The lowest BCUT2D eigenvalue weighted by molar-refractivity contribution is -0.0289. The van der Waals surface area contributed by atoms with Crippen LogP contribution < -0.4 is 20.9 Å². The summed E-state index contributed by atoms with van der Waals surface area (Å²) in [4.78, 5) is 29.8. The zero-order chi connectivity index (χ0) is 36.6. The number of rotatable bonds is 15. The minimum Gasteiger partial charge on any atom is -0.506 e. The van der Waals surface area contributed by atoms with Gasteiger partial charge in [0.05, 0.1) is 23.9 Å². The van der Waals surface area contributed by atoms with Gasteiger partial charge in [0.2, 0.25) is 5.56 Å². The highest BCUT2D eigenvalue weighted by Gasteiger charge is 2.36. The van der Waals surface area contributed by atoms with Crippen LogP contribution in [0.3, 0.4) is 0 Å². The number of piperidine rings is 3. The lowest BCUT2D eigenvalue weighted by Crippen LogP contribution is -2.52. The number of aromatic nitrogens is 1. The van der Waals surface area contributed by atoms with Crippen LogP contribution in [0.1, 0.15) is 48.5 Å². The zero-order valence-corrected chi connectivity index (χ0v) is 30.7. The standard InChI is InChI=1S/C43H48N4O6.2FH/c48-38-17-15-35(36-16-18-41(50)46-42(36)38)39(49)27-44-22-19-29-9-12-33(13-10-29)52-25-5-4-6-30-11-14-34(31-7-2-1-3-8-31)37(26-30)45-43(51)53-40-28-47-23-20-32(40)21-24-47;;/h1-3,7-18,26,32,39-40,44,48-49H,4-6,19-25,27-28H2,(H,45,51)(H,46,50);2*1H/t39-,40-;;/m0../s1. The number of nitrogens with one attached hydrogen (secondary N) is 3. The maximum Gasteiger partial charge on any atom is 0.411 e. The molecule has 0 unspecified atom stereocenters. The fourth-order valence-corrected chi connectivity index (χ4v) is 7.55. The molecule has 55 heavy (non-hydrogen) atoms. The van der Waals surface area contributed by atoms with Crippen LogP contribution in [0.25, 0.3) is 22.0 Å². The molecule has 292 valence electrons. The summed E-state index contributed by atoms with van der Waals surface area (Å²) in [5.41, 5.74) is 5.76. The van der Waals surface area contributed by atoms with Gasteiger partial charge in [-0.05, 0) is 117 Å². The van der Waals surface area contributed by atoms with Gasteiger partial charge in [-0.15, -0.1) is 0 Å². The van der Waals surface area contributed by atoms with E-state index in [1.165, 1.54) is 12.1 Å². The van der Waals surface area contributed by atoms with E-state index in [1.807, 2.05) is 30.3 Å². The molecule has 4 heterocycles. The molecule has 12 heteroatoms. The number of aryl methyl sites for hydroxylation is 1. The number of aromatic amines is 1. The highest BCUT2D eigenvalue weighted by Crippen LogP contribution is 2.33. The number of amides is 1. The first-order valence-electron chi connectivity index (χ1n) is 18.7. The molecule has 0 spiro atoms. The maximum absolute atomic E-state index is 13.1. The third-order valence-corrected chi connectivity index (χ3v) is 10.5. The number of hydrogen-bond acceptors (Lipinski definition) is 8. The number of carbonyl (C=O) groups excluding carboxylic acids is 1. The number of aromatic hydroxyl groups is 1. The first-order valence-corrected chi connectivity index (χ1v) is 18.7. The molecule has 0 radical (unpaired) electrons. The Kier molecular flexibility index (Phi) is 14.4. The summed E-state index contributed by atoms with van der Waals surface area (Å²) in [6.07, 6.45) is 4.46. The number of anilines is 1. The maximum atomic E-state index is 13.1. The molecule has 2 atom stereocenters. The topological polar surface area (TPSA) is 136 Å². The van der Waals surface area contributed by atoms with Crippen molar-refractivity contribution >= 4 is 22.7 Å². The van der Waals surface area contributed by atoms with E-state index in [4.69, 9.17) is 9.47 Å². The summed E-state index contributed by atoms with van der Waals surface area (Å²) in [7, 11) is 0. The fraction of sp³-hybridized carbons (Fsp3) is 0.349. The number of benzene rings is 4.